The zero-order valence-electron chi connectivity index (χ0n) is 11.2. The summed E-state index contributed by atoms with van der Waals surface area (Å²) in [6.45, 7) is -0.493. The number of nitrogens with two attached hydrogens (primary N) is 1. The van der Waals surface area contributed by atoms with Gasteiger partial charge in [0.25, 0.3) is 0 Å². The molecular formula is C13H14F2N2O3S. The summed E-state index contributed by atoms with van der Waals surface area (Å²) in [4.78, 5) is -0.613. The topological polar surface area (TPSA) is 76.5 Å². The molecule has 2 rings (SSSR count). The zero-order valence-corrected chi connectivity index (χ0v) is 12.0. The van der Waals surface area contributed by atoms with Gasteiger partial charge >= 0.3 is 0 Å². The highest BCUT2D eigenvalue weighted by Gasteiger charge is 2.27. The highest BCUT2D eigenvalue weighted by atomic mass is 32.2. The third kappa shape index (κ3) is 2.97. The van der Waals surface area contributed by atoms with Crippen LogP contribution in [0.3, 0.4) is 0 Å². The molecule has 0 amide bonds. The lowest BCUT2D eigenvalue weighted by Crippen LogP contribution is -2.27. The predicted octanol–water partition coefficient (Wildman–Crippen LogP) is 1.84. The average Bonchev–Trinajstić information content (AvgIpc) is 2.91. The van der Waals surface area contributed by atoms with Crippen LogP contribution < -0.4 is 5.73 Å². The molecule has 114 valence electrons. The summed E-state index contributed by atoms with van der Waals surface area (Å²) in [5.41, 5.74) is 4.79. The van der Waals surface area contributed by atoms with E-state index in [9.17, 15) is 17.2 Å². The minimum Gasteiger partial charge on any atom is -0.468 e. The van der Waals surface area contributed by atoms with Crippen LogP contribution in [0, 0.1) is 11.6 Å². The number of hydrogen-bond acceptors (Lipinski definition) is 4. The van der Waals surface area contributed by atoms with Gasteiger partial charge in [-0.25, -0.2) is 17.2 Å². The summed E-state index contributed by atoms with van der Waals surface area (Å²) in [6, 6.07) is 4.98. The van der Waals surface area contributed by atoms with Crippen LogP contribution in [0.2, 0.25) is 0 Å². The third-order valence-electron chi connectivity index (χ3n) is 3.00. The molecule has 0 saturated heterocycles. The molecule has 0 fully saturated rings. The fourth-order valence-electron chi connectivity index (χ4n) is 1.84. The number of rotatable bonds is 5. The third-order valence-corrected chi connectivity index (χ3v) is 4.82. The van der Waals surface area contributed by atoms with E-state index in [-0.39, 0.29) is 6.54 Å². The van der Waals surface area contributed by atoms with Crippen LogP contribution in [0.15, 0.2) is 39.8 Å². The molecule has 5 nitrogen and oxygen atoms in total. The van der Waals surface area contributed by atoms with Crippen molar-refractivity contribution in [2.75, 3.05) is 7.05 Å². The lowest BCUT2D eigenvalue weighted by molar-refractivity contribution is 0.403. The van der Waals surface area contributed by atoms with E-state index in [1.807, 2.05) is 0 Å². The molecule has 2 N–H and O–H groups in total. The summed E-state index contributed by atoms with van der Waals surface area (Å²) in [5, 5.41) is 0. The highest BCUT2D eigenvalue weighted by Crippen LogP contribution is 2.24. The van der Waals surface area contributed by atoms with Crippen molar-refractivity contribution in [2.45, 2.75) is 18.0 Å². The summed E-state index contributed by atoms with van der Waals surface area (Å²) < 4.78 is 58.1. The molecule has 0 aliphatic carbocycles. The van der Waals surface area contributed by atoms with Crippen LogP contribution in [0.5, 0.6) is 0 Å². The summed E-state index contributed by atoms with van der Waals surface area (Å²) in [5.74, 6) is -1.63. The van der Waals surface area contributed by atoms with E-state index in [1.54, 1.807) is 12.1 Å². The van der Waals surface area contributed by atoms with Gasteiger partial charge in [0.05, 0.1) is 12.8 Å². The summed E-state index contributed by atoms with van der Waals surface area (Å²) in [6.07, 6.45) is 1.40. The largest absolute Gasteiger partial charge is 0.468 e. The highest BCUT2D eigenvalue weighted by molar-refractivity contribution is 7.89. The van der Waals surface area contributed by atoms with Crippen molar-refractivity contribution in [1.82, 2.24) is 4.31 Å². The van der Waals surface area contributed by atoms with Crippen LogP contribution in [0.4, 0.5) is 8.78 Å². The smallest absolute Gasteiger partial charge is 0.246 e. The van der Waals surface area contributed by atoms with Gasteiger partial charge in [-0.05, 0) is 24.3 Å². The van der Waals surface area contributed by atoms with Gasteiger partial charge in [-0.1, -0.05) is 0 Å². The first-order valence-corrected chi connectivity index (χ1v) is 7.47. The van der Waals surface area contributed by atoms with Crippen molar-refractivity contribution in [1.29, 1.82) is 0 Å². The van der Waals surface area contributed by atoms with E-state index >= 15 is 0 Å². The van der Waals surface area contributed by atoms with Crippen molar-refractivity contribution in [3.63, 3.8) is 0 Å². The predicted molar refractivity (Wildman–Crippen MR) is 71.6 cm³/mol. The van der Waals surface area contributed by atoms with Gasteiger partial charge in [0.2, 0.25) is 10.0 Å². The van der Waals surface area contributed by atoms with E-state index < -0.39 is 38.7 Å². The first-order valence-electron chi connectivity index (χ1n) is 6.03. The maximum atomic E-state index is 14.1. The van der Waals surface area contributed by atoms with Crippen molar-refractivity contribution < 1.29 is 21.6 Å². The molecule has 0 saturated carbocycles. The zero-order chi connectivity index (χ0) is 15.6. The molecule has 0 aliphatic rings. The van der Waals surface area contributed by atoms with E-state index in [1.165, 1.54) is 13.3 Å². The Morgan fingerprint density at radius 1 is 1.29 bits per heavy atom. The molecule has 1 aromatic carbocycles. The maximum Gasteiger partial charge on any atom is 0.246 e. The molecule has 0 unspecified atom stereocenters. The molecular weight excluding hydrogens is 302 g/mol. The van der Waals surface area contributed by atoms with Crippen molar-refractivity contribution >= 4 is 10.0 Å². The quantitative estimate of drug-likeness (QED) is 0.913. The number of benzene rings is 1. The van der Waals surface area contributed by atoms with Crippen molar-refractivity contribution in [3.8, 4) is 0 Å². The molecule has 21 heavy (non-hydrogen) atoms. The number of halogens is 2. The van der Waals surface area contributed by atoms with Gasteiger partial charge in [-0.2, -0.15) is 4.31 Å². The Hall–Kier alpha value is -1.77. The van der Waals surface area contributed by atoms with Crippen molar-refractivity contribution in [3.05, 3.63) is 53.5 Å². The second kappa shape index (κ2) is 5.92. The number of nitrogens with zero attached hydrogens (tertiary/aromatic N) is 1. The molecule has 1 aromatic heterocycles. The Balaban J connectivity index is 2.40. The van der Waals surface area contributed by atoms with Gasteiger partial charge < -0.3 is 10.2 Å². The second-order valence-corrected chi connectivity index (χ2v) is 6.40. The van der Waals surface area contributed by atoms with Crippen molar-refractivity contribution in [2.24, 2.45) is 5.73 Å². The second-order valence-electron chi connectivity index (χ2n) is 4.38. The Kier molecular flexibility index (Phi) is 4.40. The van der Waals surface area contributed by atoms with Gasteiger partial charge in [0.15, 0.2) is 5.82 Å². The first kappa shape index (κ1) is 15.6. The Morgan fingerprint density at radius 2 is 2.00 bits per heavy atom. The van der Waals surface area contributed by atoms with E-state index in [2.05, 4.69) is 0 Å². The summed E-state index contributed by atoms with van der Waals surface area (Å²) >= 11 is 0. The fourth-order valence-corrected chi connectivity index (χ4v) is 3.06. The summed E-state index contributed by atoms with van der Waals surface area (Å²) in [7, 11) is -2.84. The van der Waals surface area contributed by atoms with E-state index in [0.717, 1.165) is 16.4 Å². The molecule has 0 spiro atoms. The van der Waals surface area contributed by atoms with Gasteiger partial charge in [0, 0.05) is 19.2 Å². The SMILES string of the molecule is CN(Cc1ccco1)S(=O)(=O)c1ccc(F)c(CN)c1F. The fraction of sp³-hybridized carbons (Fsp3) is 0.231. The number of hydrogen-bond donors (Lipinski definition) is 1. The van der Waals surface area contributed by atoms with Crippen LogP contribution in [0.25, 0.3) is 0 Å². The molecule has 0 bridgehead atoms. The molecule has 0 atom stereocenters. The molecule has 0 aliphatic heterocycles. The standard InChI is InChI=1S/C13H14F2N2O3S/c1-17(8-9-3-2-6-20-9)21(18,19)12-5-4-11(14)10(7-16)13(12)15/h2-6H,7-8,16H2,1H3. The minimum atomic E-state index is -4.12. The maximum absolute atomic E-state index is 14.1. The Bertz CT molecular complexity index is 730. The molecule has 8 heteroatoms. The monoisotopic (exact) mass is 316 g/mol. The lowest BCUT2D eigenvalue weighted by Gasteiger charge is -2.17. The van der Waals surface area contributed by atoms with E-state index in [0.29, 0.717) is 5.76 Å². The molecule has 1 heterocycles. The van der Waals surface area contributed by atoms with Gasteiger partial charge in [0.1, 0.15) is 16.5 Å². The van der Waals surface area contributed by atoms with E-state index in [4.69, 9.17) is 10.2 Å². The average molecular weight is 316 g/mol. The Morgan fingerprint density at radius 3 is 2.57 bits per heavy atom. The molecule has 0 radical (unpaired) electrons. The van der Waals surface area contributed by atoms with Gasteiger partial charge in [-0.15, -0.1) is 0 Å². The minimum absolute atomic E-state index is 0.0654. The Labute approximate surface area is 121 Å². The van der Waals surface area contributed by atoms with Crippen LogP contribution in [0.1, 0.15) is 11.3 Å². The van der Waals surface area contributed by atoms with Crippen LogP contribution >= 0.6 is 0 Å². The number of sulfonamides is 1. The number of furan rings is 1. The molecule has 2 aromatic rings. The lowest BCUT2D eigenvalue weighted by atomic mass is 10.2. The van der Waals surface area contributed by atoms with Crippen LogP contribution in [-0.4, -0.2) is 19.8 Å². The van der Waals surface area contributed by atoms with Gasteiger partial charge in [-0.3, -0.25) is 0 Å². The van der Waals surface area contributed by atoms with Crippen LogP contribution in [-0.2, 0) is 23.1 Å². The normalized spacial score (nSPS) is 12.0. The first-order chi connectivity index (χ1) is 9.87.